The summed E-state index contributed by atoms with van der Waals surface area (Å²) in [5.74, 6) is 0.754. The van der Waals surface area contributed by atoms with Crippen LogP contribution in [-0.4, -0.2) is 37.4 Å². The fourth-order valence-corrected chi connectivity index (χ4v) is 4.13. The van der Waals surface area contributed by atoms with Crippen LogP contribution in [0.15, 0.2) is 24.3 Å². The molecule has 1 amide bonds. The lowest BCUT2D eigenvalue weighted by Crippen LogP contribution is -2.75. The molecule has 6 heteroatoms. The molecule has 5 nitrogen and oxygen atoms in total. The number of carbonyl (C=O) groups is 2. The highest BCUT2D eigenvalue weighted by atomic mass is 35.5. The Labute approximate surface area is 140 Å². The first kappa shape index (κ1) is 16.3. The van der Waals surface area contributed by atoms with E-state index in [4.69, 9.17) is 16.3 Å². The molecular formula is C17H21ClN2O3. The van der Waals surface area contributed by atoms with Crippen LogP contribution in [0.4, 0.5) is 0 Å². The Kier molecular flexibility index (Phi) is 4.34. The van der Waals surface area contributed by atoms with Crippen LogP contribution in [0.1, 0.15) is 25.7 Å². The second kappa shape index (κ2) is 6.13. The van der Waals surface area contributed by atoms with Crippen LogP contribution in [-0.2, 0) is 9.59 Å². The minimum absolute atomic E-state index is 0.00489. The van der Waals surface area contributed by atoms with Gasteiger partial charge in [0, 0.05) is 17.0 Å². The molecule has 124 valence electrons. The van der Waals surface area contributed by atoms with E-state index in [-0.39, 0.29) is 29.3 Å². The minimum atomic E-state index is -0.116. The predicted octanol–water partition coefficient (Wildman–Crippen LogP) is 1.94. The van der Waals surface area contributed by atoms with Crippen molar-refractivity contribution in [2.75, 3.05) is 20.2 Å². The van der Waals surface area contributed by atoms with Crippen molar-refractivity contribution >= 4 is 23.3 Å². The summed E-state index contributed by atoms with van der Waals surface area (Å²) >= 11 is 5.80. The molecule has 3 aliphatic carbocycles. The van der Waals surface area contributed by atoms with Crippen molar-refractivity contribution < 1.29 is 14.3 Å². The number of ether oxygens (including phenoxy) is 1. The quantitative estimate of drug-likeness (QED) is 0.761. The summed E-state index contributed by atoms with van der Waals surface area (Å²) in [7, 11) is 1.78. The molecule has 0 aromatic heterocycles. The summed E-state index contributed by atoms with van der Waals surface area (Å²) in [5, 5.41) is 6.58. The summed E-state index contributed by atoms with van der Waals surface area (Å²) in [6, 6.07) is 6.92. The van der Waals surface area contributed by atoms with E-state index in [2.05, 4.69) is 10.6 Å². The monoisotopic (exact) mass is 336 g/mol. The molecule has 23 heavy (non-hydrogen) atoms. The number of ketones is 1. The summed E-state index contributed by atoms with van der Waals surface area (Å²) < 4.78 is 5.44. The van der Waals surface area contributed by atoms with Gasteiger partial charge in [0.15, 0.2) is 6.61 Å². The van der Waals surface area contributed by atoms with E-state index in [1.165, 1.54) is 0 Å². The lowest BCUT2D eigenvalue weighted by Gasteiger charge is -2.70. The molecule has 0 unspecified atom stereocenters. The van der Waals surface area contributed by atoms with E-state index in [9.17, 15) is 9.59 Å². The van der Waals surface area contributed by atoms with Crippen molar-refractivity contribution in [2.45, 2.75) is 31.2 Å². The molecule has 0 saturated heterocycles. The number of hydrogen-bond donors (Lipinski definition) is 2. The third-order valence-electron chi connectivity index (χ3n) is 4.67. The number of benzene rings is 1. The van der Waals surface area contributed by atoms with Crippen LogP contribution >= 0.6 is 11.6 Å². The molecular weight excluding hydrogens is 316 g/mol. The molecule has 1 aromatic carbocycles. The Morgan fingerprint density at radius 1 is 1.22 bits per heavy atom. The van der Waals surface area contributed by atoms with Crippen molar-refractivity contribution in [3.63, 3.8) is 0 Å². The number of halogens is 1. The average Bonchev–Trinajstić information content (AvgIpc) is 2.43. The topological polar surface area (TPSA) is 67.4 Å². The van der Waals surface area contributed by atoms with Crippen LogP contribution in [0.3, 0.4) is 0 Å². The Hall–Kier alpha value is -1.59. The Balaban J connectivity index is 1.39. The van der Waals surface area contributed by atoms with Gasteiger partial charge >= 0.3 is 0 Å². The van der Waals surface area contributed by atoms with Gasteiger partial charge in [-0.25, -0.2) is 0 Å². The highest BCUT2D eigenvalue weighted by molar-refractivity contribution is 6.30. The molecule has 2 bridgehead atoms. The van der Waals surface area contributed by atoms with Crippen molar-refractivity contribution in [1.82, 2.24) is 10.6 Å². The Bertz CT molecular complexity index is 595. The van der Waals surface area contributed by atoms with Crippen LogP contribution in [0.2, 0.25) is 5.02 Å². The summed E-state index contributed by atoms with van der Waals surface area (Å²) in [6.07, 6.45) is 3.33. The third kappa shape index (κ3) is 3.51. The number of amides is 1. The van der Waals surface area contributed by atoms with Crippen LogP contribution in [0, 0.1) is 5.41 Å². The maximum Gasteiger partial charge on any atom is 0.258 e. The largest absolute Gasteiger partial charge is 0.484 e. The summed E-state index contributed by atoms with van der Waals surface area (Å²) in [5.41, 5.74) is 0.0403. The van der Waals surface area contributed by atoms with E-state index >= 15 is 0 Å². The molecule has 0 atom stereocenters. The Morgan fingerprint density at radius 3 is 2.48 bits per heavy atom. The molecule has 2 N–H and O–H groups in total. The zero-order chi connectivity index (χ0) is 16.5. The van der Waals surface area contributed by atoms with Gasteiger partial charge in [-0.15, -0.1) is 0 Å². The number of carbonyl (C=O) groups excluding carboxylic acids is 2. The van der Waals surface area contributed by atoms with Crippen LogP contribution in [0.5, 0.6) is 5.75 Å². The Morgan fingerprint density at radius 2 is 1.87 bits per heavy atom. The normalized spacial score (nSPS) is 27.6. The standard InChI is InChI=1S/C17H21ClN2O3/c1-19-7-13(21)6-16-9-17(10-16,11-16)20-15(22)8-23-14-4-2-12(18)3-5-14/h2-5,19H,6-11H2,1H3,(H,20,22). The average molecular weight is 337 g/mol. The van der Waals surface area contributed by atoms with Crippen molar-refractivity contribution in [2.24, 2.45) is 5.41 Å². The molecule has 0 radical (unpaired) electrons. The van der Waals surface area contributed by atoms with Gasteiger partial charge in [0.2, 0.25) is 0 Å². The van der Waals surface area contributed by atoms with E-state index in [1.807, 2.05) is 0 Å². The van der Waals surface area contributed by atoms with Crippen molar-refractivity contribution in [3.05, 3.63) is 29.3 Å². The van der Waals surface area contributed by atoms with Gasteiger partial charge in [0.1, 0.15) is 11.5 Å². The first-order chi connectivity index (χ1) is 10.9. The van der Waals surface area contributed by atoms with Gasteiger partial charge in [0.05, 0.1) is 6.54 Å². The lowest BCUT2D eigenvalue weighted by atomic mass is 9.38. The fourth-order valence-electron chi connectivity index (χ4n) is 4.01. The third-order valence-corrected chi connectivity index (χ3v) is 4.93. The molecule has 0 heterocycles. The van der Waals surface area contributed by atoms with E-state index in [0.717, 1.165) is 19.3 Å². The fraction of sp³-hybridized carbons (Fsp3) is 0.529. The second-order valence-corrected chi connectivity index (χ2v) is 7.28. The first-order valence-corrected chi connectivity index (χ1v) is 8.18. The van der Waals surface area contributed by atoms with Gasteiger partial charge in [-0.2, -0.15) is 0 Å². The molecule has 1 aromatic rings. The molecule has 0 aliphatic heterocycles. The second-order valence-electron chi connectivity index (χ2n) is 6.85. The van der Waals surface area contributed by atoms with Crippen LogP contribution in [0.25, 0.3) is 0 Å². The maximum absolute atomic E-state index is 12.0. The number of nitrogens with one attached hydrogen (secondary N) is 2. The van der Waals surface area contributed by atoms with E-state index in [1.54, 1.807) is 31.3 Å². The number of rotatable bonds is 8. The molecule has 4 rings (SSSR count). The zero-order valence-electron chi connectivity index (χ0n) is 13.2. The maximum atomic E-state index is 12.0. The van der Waals surface area contributed by atoms with Gasteiger partial charge < -0.3 is 15.4 Å². The molecule has 3 saturated carbocycles. The van der Waals surface area contributed by atoms with Gasteiger partial charge in [-0.3, -0.25) is 9.59 Å². The molecule has 0 spiro atoms. The van der Waals surface area contributed by atoms with Crippen molar-refractivity contribution in [1.29, 1.82) is 0 Å². The highest BCUT2D eigenvalue weighted by Crippen LogP contribution is 2.68. The lowest BCUT2D eigenvalue weighted by molar-refractivity contribution is -0.172. The first-order valence-electron chi connectivity index (χ1n) is 7.80. The van der Waals surface area contributed by atoms with Crippen molar-refractivity contribution in [3.8, 4) is 5.75 Å². The minimum Gasteiger partial charge on any atom is -0.484 e. The van der Waals surface area contributed by atoms with Crippen LogP contribution < -0.4 is 15.4 Å². The van der Waals surface area contributed by atoms with E-state index < -0.39 is 0 Å². The highest BCUT2D eigenvalue weighted by Gasteiger charge is 2.68. The summed E-state index contributed by atoms with van der Waals surface area (Å²) in [4.78, 5) is 23.7. The molecule has 3 aliphatic rings. The number of Topliss-reactive ketones (excluding diaryl/α,β-unsaturated/α-hetero) is 1. The zero-order valence-corrected chi connectivity index (χ0v) is 13.9. The van der Waals surface area contributed by atoms with Gasteiger partial charge in [-0.05, 0) is 56.0 Å². The number of hydrogen-bond acceptors (Lipinski definition) is 4. The van der Waals surface area contributed by atoms with Gasteiger partial charge in [-0.1, -0.05) is 11.6 Å². The SMILES string of the molecule is CNCC(=O)CC12CC(NC(=O)COc3ccc(Cl)cc3)(C1)C2. The number of likely N-dealkylation sites (N-methyl/N-ethyl adjacent to an activating group) is 1. The van der Waals surface area contributed by atoms with E-state index in [0.29, 0.717) is 23.7 Å². The molecule has 3 fully saturated rings. The van der Waals surface area contributed by atoms with Gasteiger partial charge in [0.25, 0.3) is 5.91 Å². The smallest absolute Gasteiger partial charge is 0.258 e. The summed E-state index contributed by atoms with van der Waals surface area (Å²) in [6.45, 7) is 0.422. The predicted molar refractivity (Wildman–Crippen MR) is 87.7 cm³/mol.